The topological polar surface area (TPSA) is 88.5 Å². The van der Waals surface area contributed by atoms with E-state index in [1.54, 1.807) is 29.2 Å². The summed E-state index contributed by atoms with van der Waals surface area (Å²) in [4.78, 5) is 30.2. The predicted molar refractivity (Wildman–Crippen MR) is 152 cm³/mol. The van der Waals surface area contributed by atoms with Crippen LogP contribution in [0.5, 0.6) is 17.2 Å². The maximum absolute atomic E-state index is 13.4. The van der Waals surface area contributed by atoms with Crippen molar-refractivity contribution in [1.29, 1.82) is 0 Å². The lowest BCUT2D eigenvalue weighted by Crippen LogP contribution is -2.32. The van der Waals surface area contributed by atoms with Crippen molar-refractivity contribution in [2.45, 2.75) is 52.5 Å². The molecule has 0 aliphatic carbocycles. The van der Waals surface area contributed by atoms with Crippen molar-refractivity contribution in [2.75, 3.05) is 47.0 Å². The molecule has 3 rings (SSSR count). The molecule has 0 saturated carbocycles. The Morgan fingerprint density at radius 3 is 2.28 bits per heavy atom. The summed E-state index contributed by atoms with van der Waals surface area (Å²) in [7, 11) is 3.93. The van der Waals surface area contributed by atoms with Gasteiger partial charge in [-0.05, 0) is 88.8 Å². The Labute approximate surface area is 232 Å². The summed E-state index contributed by atoms with van der Waals surface area (Å²) in [6, 6.07) is 11.6. The first kappa shape index (κ1) is 30.0. The van der Waals surface area contributed by atoms with E-state index in [0.29, 0.717) is 61.2 Å². The number of amides is 1. The van der Waals surface area contributed by atoms with Crippen LogP contribution in [0.3, 0.4) is 0 Å². The summed E-state index contributed by atoms with van der Waals surface area (Å²) in [6.45, 7) is 8.73. The number of benzene rings is 2. The fourth-order valence-corrected chi connectivity index (χ4v) is 4.51. The van der Waals surface area contributed by atoms with Crippen LogP contribution in [0, 0.1) is 0 Å². The lowest BCUT2D eigenvalue weighted by molar-refractivity contribution is -0.139. The fraction of sp³-hybridized carbons (Fsp3) is 0.484. The number of nitrogens with zero attached hydrogens (tertiary/aromatic N) is 2. The highest BCUT2D eigenvalue weighted by atomic mass is 16.5. The lowest BCUT2D eigenvalue weighted by atomic mass is 9.95. The van der Waals surface area contributed by atoms with Gasteiger partial charge in [-0.25, -0.2) is 0 Å². The minimum absolute atomic E-state index is 0.0641. The van der Waals surface area contributed by atoms with Crippen LogP contribution < -0.4 is 14.2 Å². The van der Waals surface area contributed by atoms with Gasteiger partial charge in [0.1, 0.15) is 11.5 Å². The molecule has 1 saturated heterocycles. The van der Waals surface area contributed by atoms with Crippen LogP contribution in [-0.4, -0.2) is 73.6 Å². The Morgan fingerprint density at radius 2 is 1.64 bits per heavy atom. The molecule has 0 spiro atoms. The number of carbonyl (C=O) groups excluding carboxylic acids is 2. The third-order valence-corrected chi connectivity index (χ3v) is 6.48. The summed E-state index contributed by atoms with van der Waals surface area (Å²) >= 11 is 0. The highest BCUT2D eigenvalue weighted by Crippen LogP contribution is 2.42. The van der Waals surface area contributed by atoms with E-state index in [0.717, 1.165) is 25.8 Å². The predicted octanol–water partition coefficient (Wildman–Crippen LogP) is 5.43. The van der Waals surface area contributed by atoms with Gasteiger partial charge in [-0.1, -0.05) is 26.3 Å². The van der Waals surface area contributed by atoms with Crippen molar-refractivity contribution in [1.82, 2.24) is 9.80 Å². The minimum atomic E-state index is -0.757. The SMILES string of the molecule is CCCCOc1ccc(C2/C(=C(\O)c3ccc(OCCC)cc3)C(=O)C(=O)N2CCCN(C)C)cc1OCC. The molecule has 1 amide bonds. The van der Waals surface area contributed by atoms with Crippen molar-refractivity contribution in [2.24, 2.45) is 0 Å². The smallest absolute Gasteiger partial charge is 0.295 e. The van der Waals surface area contributed by atoms with Gasteiger partial charge in [0, 0.05) is 12.1 Å². The molecule has 2 aromatic carbocycles. The number of hydrogen-bond donors (Lipinski definition) is 1. The van der Waals surface area contributed by atoms with Crippen molar-refractivity contribution in [3.63, 3.8) is 0 Å². The number of unbranched alkanes of at least 4 members (excludes halogenated alkanes) is 1. The summed E-state index contributed by atoms with van der Waals surface area (Å²) in [6.07, 6.45) is 3.48. The zero-order valence-corrected chi connectivity index (χ0v) is 23.9. The number of rotatable bonds is 15. The van der Waals surface area contributed by atoms with Crippen LogP contribution in [0.1, 0.15) is 63.6 Å². The highest BCUT2D eigenvalue weighted by Gasteiger charge is 2.46. The quantitative estimate of drug-likeness (QED) is 0.140. The molecule has 212 valence electrons. The molecule has 0 aromatic heterocycles. The second kappa shape index (κ2) is 14.6. The van der Waals surface area contributed by atoms with Crippen LogP contribution in [0.2, 0.25) is 0 Å². The van der Waals surface area contributed by atoms with Crippen molar-refractivity contribution < 1.29 is 28.9 Å². The van der Waals surface area contributed by atoms with Gasteiger partial charge in [-0.15, -0.1) is 0 Å². The number of likely N-dealkylation sites (tertiary alicyclic amines) is 1. The molecule has 1 heterocycles. The maximum atomic E-state index is 13.4. The second-order valence-electron chi connectivity index (χ2n) is 9.86. The molecule has 0 bridgehead atoms. The molecular formula is C31H42N2O6. The molecule has 1 atom stereocenters. The van der Waals surface area contributed by atoms with Gasteiger partial charge in [0.2, 0.25) is 0 Å². The number of ketones is 1. The zero-order valence-electron chi connectivity index (χ0n) is 23.9. The van der Waals surface area contributed by atoms with E-state index in [2.05, 4.69) is 6.92 Å². The molecule has 39 heavy (non-hydrogen) atoms. The van der Waals surface area contributed by atoms with Gasteiger partial charge < -0.3 is 29.1 Å². The molecule has 1 unspecified atom stereocenters. The van der Waals surface area contributed by atoms with E-state index < -0.39 is 17.7 Å². The van der Waals surface area contributed by atoms with E-state index in [1.165, 1.54) is 0 Å². The van der Waals surface area contributed by atoms with Crippen LogP contribution >= 0.6 is 0 Å². The first-order chi connectivity index (χ1) is 18.8. The van der Waals surface area contributed by atoms with Gasteiger partial charge in [-0.2, -0.15) is 0 Å². The third kappa shape index (κ3) is 7.53. The average Bonchev–Trinajstić information content (AvgIpc) is 3.17. The van der Waals surface area contributed by atoms with Gasteiger partial charge >= 0.3 is 0 Å². The summed E-state index contributed by atoms with van der Waals surface area (Å²) in [5.74, 6) is 0.300. The minimum Gasteiger partial charge on any atom is -0.507 e. The van der Waals surface area contributed by atoms with Crippen LogP contribution in [-0.2, 0) is 9.59 Å². The second-order valence-corrected chi connectivity index (χ2v) is 9.86. The molecule has 1 aliphatic rings. The summed E-state index contributed by atoms with van der Waals surface area (Å²) < 4.78 is 17.5. The Morgan fingerprint density at radius 1 is 0.897 bits per heavy atom. The molecule has 8 heteroatoms. The standard InChI is InChI=1S/C31H42N2O6/c1-6-9-20-39-25-16-13-23(21-26(25)37-8-3)28-27(30(35)31(36)33(28)18-10-17-32(4)5)29(34)22-11-14-24(15-12-22)38-19-7-2/h11-16,21,28,34H,6-10,17-20H2,1-5H3/b29-27+. The first-order valence-electron chi connectivity index (χ1n) is 13.9. The number of ether oxygens (including phenoxy) is 3. The Bertz CT molecular complexity index is 1140. The van der Waals surface area contributed by atoms with E-state index >= 15 is 0 Å². The number of aliphatic hydroxyl groups excluding tert-OH is 1. The van der Waals surface area contributed by atoms with Crippen molar-refractivity contribution >= 4 is 17.4 Å². The first-order valence-corrected chi connectivity index (χ1v) is 13.9. The number of carbonyl (C=O) groups is 2. The number of hydrogen-bond acceptors (Lipinski definition) is 7. The van der Waals surface area contributed by atoms with Crippen molar-refractivity contribution in [3.05, 3.63) is 59.2 Å². The van der Waals surface area contributed by atoms with Gasteiger partial charge in [-0.3, -0.25) is 9.59 Å². The number of Topliss-reactive ketones (excluding diaryl/α,β-unsaturated/α-hetero) is 1. The average molecular weight is 539 g/mol. The van der Waals surface area contributed by atoms with Crippen LogP contribution in [0.4, 0.5) is 0 Å². The molecule has 1 aliphatic heterocycles. The Balaban J connectivity index is 2.06. The fourth-order valence-electron chi connectivity index (χ4n) is 4.51. The van der Waals surface area contributed by atoms with E-state index in [1.807, 2.05) is 51.0 Å². The van der Waals surface area contributed by atoms with Crippen LogP contribution in [0.25, 0.3) is 5.76 Å². The number of aliphatic hydroxyl groups is 1. The maximum Gasteiger partial charge on any atom is 0.295 e. The summed E-state index contributed by atoms with van der Waals surface area (Å²) in [5, 5.41) is 11.4. The molecule has 1 fully saturated rings. The van der Waals surface area contributed by atoms with E-state index in [-0.39, 0.29) is 11.3 Å². The van der Waals surface area contributed by atoms with Crippen molar-refractivity contribution in [3.8, 4) is 17.2 Å². The third-order valence-electron chi connectivity index (χ3n) is 6.48. The molecule has 8 nitrogen and oxygen atoms in total. The normalized spacial score (nSPS) is 16.7. The van der Waals surface area contributed by atoms with E-state index in [4.69, 9.17) is 14.2 Å². The van der Waals surface area contributed by atoms with Gasteiger partial charge in [0.15, 0.2) is 11.5 Å². The molecule has 0 radical (unpaired) electrons. The Kier molecular flexibility index (Phi) is 11.2. The highest BCUT2D eigenvalue weighted by molar-refractivity contribution is 6.46. The molecular weight excluding hydrogens is 496 g/mol. The van der Waals surface area contributed by atoms with Crippen LogP contribution in [0.15, 0.2) is 48.0 Å². The lowest BCUT2D eigenvalue weighted by Gasteiger charge is -2.26. The largest absolute Gasteiger partial charge is 0.507 e. The molecule has 2 aromatic rings. The molecule has 1 N–H and O–H groups in total. The van der Waals surface area contributed by atoms with E-state index in [9.17, 15) is 14.7 Å². The monoisotopic (exact) mass is 538 g/mol. The zero-order chi connectivity index (χ0) is 28.4. The van der Waals surface area contributed by atoms with Gasteiger partial charge in [0.05, 0.1) is 31.4 Å². The Hall–Kier alpha value is -3.52. The summed E-state index contributed by atoms with van der Waals surface area (Å²) in [5.41, 5.74) is 1.18. The van der Waals surface area contributed by atoms with Gasteiger partial charge in [0.25, 0.3) is 11.7 Å².